The maximum atomic E-state index is 6.11. The van der Waals surface area contributed by atoms with Gasteiger partial charge in [-0.15, -0.1) is 0 Å². The molecule has 25 heavy (non-hydrogen) atoms. The van der Waals surface area contributed by atoms with Crippen LogP contribution in [0.2, 0.25) is 0 Å². The number of ether oxygens (including phenoxy) is 2. The molecular weight excluding hydrogens is 314 g/mol. The maximum absolute atomic E-state index is 6.11. The Morgan fingerprint density at radius 2 is 1.64 bits per heavy atom. The third-order valence-electron chi connectivity index (χ3n) is 5.22. The van der Waals surface area contributed by atoms with Gasteiger partial charge in [-0.2, -0.15) is 0 Å². The normalized spacial score (nSPS) is 22.3. The summed E-state index contributed by atoms with van der Waals surface area (Å²) >= 11 is 0. The summed E-state index contributed by atoms with van der Waals surface area (Å²) in [6, 6.07) is 11.4. The predicted molar refractivity (Wildman–Crippen MR) is 96.3 cm³/mol. The lowest BCUT2D eigenvalue weighted by Gasteiger charge is -2.36. The van der Waals surface area contributed by atoms with E-state index in [2.05, 4.69) is 34.1 Å². The van der Waals surface area contributed by atoms with E-state index in [1.807, 2.05) is 18.5 Å². The molecule has 1 fully saturated rings. The van der Waals surface area contributed by atoms with Crippen molar-refractivity contribution < 1.29 is 9.47 Å². The second-order valence-corrected chi connectivity index (χ2v) is 7.02. The van der Waals surface area contributed by atoms with E-state index in [1.54, 1.807) is 0 Å². The van der Waals surface area contributed by atoms with E-state index < -0.39 is 0 Å². The summed E-state index contributed by atoms with van der Waals surface area (Å²) in [6.07, 6.45) is 8.28. The quantitative estimate of drug-likeness (QED) is 0.907. The minimum Gasteiger partial charge on any atom is -0.454 e. The van der Waals surface area contributed by atoms with Crippen LogP contribution in [0.5, 0.6) is 11.5 Å². The fourth-order valence-corrected chi connectivity index (χ4v) is 3.78. The maximum Gasteiger partial charge on any atom is 0.231 e. The lowest BCUT2D eigenvalue weighted by Crippen LogP contribution is -2.40. The number of nitrogens with two attached hydrogens (primary N) is 1. The fourth-order valence-electron chi connectivity index (χ4n) is 3.78. The zero-order chi connectivity index (χ0) is 17.1. The molecule has 132 valence electrons. The largest absolute Gasteiger partial charge is 0.454 e. The first-order valence-electron chi connectivity index (χ1n) is 9.05. The SMILES string of the molecule is NC1CCC(N(Cc2ccncc2)Cc2ccc3c(c2)OCO3)CC1. The first-order chi connectivity index (χ1) is 12.3. The second-order valence-electron chi connectivity index (χ2n) is 7.02. The molecule has 2 N–H and O–H groups in total. The number of aromatic nitrogens is 1. The average Bonchev–Trinajstić information content (AvgIpc) is 3.10. The van der Waals surface area contributed by atoms with Crippen LogP contribution in [0, 0.1) is 0 Å². The molecule has 0 saturated heterocycles. The Labute approximate surface area is 148 Å². The van der Waals surface area contributed by atoms with Gasteiger partial charge in [0.15, 0.2) is 11.5 Å². The van der Waals surface area contributed by atoms with Gasteiger partial charge < -0.3 is 15.2 Å². The van der Waals surface area contributed by atoms with Crippen LogP contribution in [-0.4, -0.2) is 28.8 Å². The van der Waals surface area contributed by atoms with Gasteiger partial charge >= 0.3 is 0 Å². The van der Waals surface area contributed by atoms with Crippen LogP contribution in [0.3, 0.4) is 0 Å². The van der Waals surface area contributed by atoms with Crippen LogP contribution in [0.4, 0.5) is 0 Å². The molecule has 0 bridgehead atoms. The average molecular weight is 339 g/mol. The van der Waals surface area contributed by atoms with Crippen molar-refractivity contribution in [2.75, 3.05) is 6.79 Å². The Bertz CT molecular complexity index is 699. The molecule has 0 radical (unpaired) electrons. The summed E-state index contributed by atoms with van der Waals surface area (Å²) in [5, 5.41) is 0. The van der Waals surface area contributed by atoms with Crippen molar-refractivity contribution in [2.45, 2.75) is 50.9 Å². The van der Waals surface area contributed by atoms with Crippen LogP contribution in [0.25, 0.3) is 0 Å². The van der Waals surface area contributed by atoms with Crippen molar-refractivity contribution in [1.29, 1.82) is 0 Å². The Kier molecular flexibility index (Phi) is 4.85. The first-order valence-corrected chi connectivity index (χ1v) is 9.05. The molecule has 1 aromatic carbocycles. The molecule has 2 aliphatic rings. The number of hydrogen-bond donors (Lipinski definition) is 1. The third kappa shape index (κ3) is 3.94. The topological polar surface area (TPSA) is 60.6 Å². The van der Waals surface area contributed by atoms with E-state index in [-0.39, 0.29) is 0 Å². The van der Waals surface area contributed by atoms with E-state index in [1.165, 1.54) is 11.1 Å². The summed E-state index contributed by atoms with van der Waals surface area (Å²) < 4.78 is 11.0. The molecule has 5 nitrogen and oxygen atoms in total. The lowest BCUT2D eigenvalue weighted by molar-refractivity contribution is 0.134. The van der Waals surface area contributed by atoms with Crippen LogP contribution >= 0.6 is 0 Å². The van der Waals surface area contributed by atoms with Crippen LogP contribution in [0.15, 0.2) is 42.7 Å². The molecule has 4 rings (SSSR count). The number of benzene rings is 1. The number of fused-ring (bicyclic) bond motifs is 1. The van der Waals surface area contributed by atoms with E-state index in [9.17, 15) is 0 Å². The highest BCUT2D eigenvalue weighted by Crippen LogP contribution is 2.33. The second kappa shape index (κ2) is 7.42. The van der Waals surface area contributed by atoms with Gasteiger partial charge in [0.25, 0.3) is 0 Å². The monoisotopic (exact) mass is 339 g/mol. The van der Waals surface area contributed by atoms with Crippen molar-refractivity contribution >= 4 is 0 Å². The number of nitrogens with zero attached hydrogens (tertiary/aromatic N) is 2. The van der Waals surface area contributed by atoms with Gasteiger partial charge in [0, 0.05) is 37.6 Å². The molecule has 2 heterocycles. The molecule has 1 aliphatic heterocycles. The smallest absolute Gasteiger partial charge is 0.231 e. The van der Waals surface area contributed by atoms with Gasteiger partial charge in [0.2, 0.25) is 6.79 Å². The molecule has 1 aliphatic carbocycles. The van der Waals surface area contributed by atoms with Gasteiger partial charge in [-0.3, -0.25) is 9.88 Å². The highest BCUT2D eigenvalue weighted by molar-refractivity contribution is 5.44. The minimum atomic E-state index is 0.319. The van der Waals surface area contributed by atoms with Gasteiger partial charge in [-0.1, -0.05) is 6.07 Å². The molecule has 5 heteroatoms. The minimum absolute atomic E-state index is 0.319. The number of rotatable bonds is 5. The van der Waals surface area contributed by atoms with Gasteiger partial charge in [-0.05, 0) is 61.1 Å². The molecular formula is C20H25N3O2. The van der Waals surface area contributed by atoms with Gasteiger partial charge in [0.05, 0.1) is 0 Å². The van der Waals surface area contributed by atoms with Crippen molar-refractivity contribution in [3.05, 3.63) is 53.9 Å². The van der Waals surface area contributed by atoms with Crippen molar-refractivity contribution in [2.24, 2.45) is 5.73 Å². The molecule has 1 aromatic heterocycles. The summed E-state index contributed by atoms with van der Waals surface area (Å²) in [7, 11) is 0. The van der Waals surface area contributed by atoms with E-state index in [4.69, 9.17) is 15.2 Å². The molecule has 0 atom stereocenters. The fraction of sp³-hybridized carbons (Fsp3) is 0.450. The Morgan fingerprint density at radius 1 is 0.920 bits per heavy atom. The summed E-state index contributed by atoms with van der Waals surface area (Å²) in [6.45, 7) is 2.15. The zero-order valence-corrected chi connectivity index (χ0v) is 14.4. The van der Waals surface area contributed by atoms with E-state index in [0.29, 0.717) is 18.9 Å². The van der Waals surface area contributed by atoms with E-state index >= 15 is 0 Å². The standard InChI is InChI=1S/C20H25N3O2/c21-17-2-4-18(5-3-17)23(12-15-7-9-22-10-8-15)13-16-1-6-19-20(11-16)25-14-24-19/h1,6-11,17-18H,2-5,12-14,21H2. The molecule has 2 aromatic rings. The Morgan fingerprint density at radius 3 is 2.44 bits per heavy atom. The lowest BCUT2D eigenvalue weighted by atomic mass is 9.90. The van der Waals surface area contributed by atoms with Crippen molar-refractivity contribution in [3.63, 3.8) is 0 Å². The molecule has 0 unspecified atom stereocenters. The molecule has 1 saturated carbocycles. The highest BCUT2D eigenvalue weighted by Gasteiger charge is 2.25. The molecule has 0 amide bonds. The van der Waals surface area contributed by atoms with Gasteiger partial charge in [0.1, 0.15) is 0 Å². The highest BCUT2D eigenvalue weighted by atomic mass is 16.7. The first kappa shape index (κ1) is 16.4. The van der Waals surface area contributed by atoms with Crippen LogP contribution < -0.4 is 15.2 Å². The van der Waals surface area contributed by atoms with Crippen molar-refractivity contribution in [3.8, 4) is 11.5 Å². The van der Waals surface area contributed by atoms with Gasteiger partial charge in [-0.25, -0.2) is 0 Å². The number of pyridine rings is 1. The third-order valence-corrected chi connectivity index (χ3v) is 5.22. The van der Waals surface area contributed by atoms with Crippen molar-refractivity contribution in [1.82, 2.24) is 9.88 Å². The van der Waals surface area contributed by atoms with E-state index in [0.717, 1.165) is 50.3 Å². The van der Waals surface area contributed by atoms with Crippen LogP contribution in [0.1, 0.15) is 36.8 Å². The summed E-state index contributed by atoms with van der Waals surface area (Å²) in [4.78, 5) is 6.70. The predicted octanol–water partition coefficient (Wildman–Crippen LogP) is 3.08. The summed E-state index contributed by atoms with van der Waals surface area (Å²) in [5.74, 6) is 1.69. The molecule has 0 spiro atoms. The van der Waals surface area contributed by atoms with Crippen LogP contribution in [-0.2, 0) is 13.1 Å². The summed E-state index contributed by atoms with van der Waals surface area (Å²) in [5.41, 5.74) is 8.66. The Hall–Kier alpha value is -2.11. The number of hydrogen-bond acceptors (Lipinski definition) is 5. The zero-order valence-electron chi connectivity index (χ0n) is 14.4. The Balaban J connectivity index is 1.52.